The molecule has 0 aliphatic rings. The zero-order valence-corrected chi connectivity index (χ0v) is 12.0. The Morgan fingerprint density at radius 3 is 3.11 bits per heavy atom. The molecule has 1 N–H and O–H groups in total. The lowest BCUT2D eigenvalue weighted by molar-refractivity contribution is 0.967. The third kappa shape index (κ3) is 2.69. The van der Waals surface area contributed by atoms with Crippen LogP contribution in [0.15, 0.2) is 45.1 Å². The Bertz CT molecular complexity index is 770. The van der Waals surface area contributed by atoms with Crippen LogP contribution in [0.4, 0.5) is 0 Å². The third-order valence-electron chi connectivity index (χ3n) is 2.43. The van der Waals surface area contributed by atoms with Gasteiger partial charge < -0.3 is 0 Å². The largest absolute Gasteiger partial charge is 0.269 e. The predicted molar refractivity (Wildman–Crippen MR) is 75.1 cm³/mol. The Morgan fingerprint density at radius 2 is 2.32 bits per heavy atom. The van der Waals surface area contributed by atoms with Crippen molar-refractivity contribution >= 4 is 33.3 Å². The van der Waals surface area contributed by atoms with Crippen molar-refractivity contribution in [3.63, 3.8) is 0 Å². The number of nitrogens with zero attached hydrogens (tertiary/aromatic N) is 4. The molecule has 3 rings (SSSR count). The predicted octanol–water partition coefficient (Wildman–Crippen LogP) is 1.87. The normalized spacial score (nSPS) is 11.0. The average molecular weight is 338 g/mol. The number of aromatic nitrogens is 5. The van der Waals surface area contributed by atoms with Crippen molar-refractivity contribution in [2.24, 2.45) is 0 Å². The molecule has 0 saturated carbocycles. The van der Waals surface area contributed by atoms with E-state index < -0.39 is 0 Å². The Labute approximate surface area is 120 Å². The minimum atomic E-state index is -0.0977. The molecule has 0 bridgehead atoms. The highest BCUT2D eigenvalue weighted by Gasteiger charge is 2.04. The summed E-state index contributed by atoms with van der Waals surface area (Å²) in [6, 6.07) is 5.19. The zero-order valence-electron chi connectivity index (χ0n) is 9.58. The number of hydrogen-bond donors (Lipinski definition) is 1. The van der Waals surface area contributed by atoms with Gasteiger partial charge in [0.05, 0.1) is 5.69 Å². The molecule has 0 aromatic carbocycles. The highest BCUT2D eigenvalue weighted by atomic mass is 79.9. The Hall–Kier alpha value is -1.67. The maximum atomic E-state index is 12.0. The van der Waals surface area contributed by atoms with Crippen LogP contribution in [0.5, 0.6) is 0 Å². The maximum absolute atomic E-state index is 12.0. The minimum absolute atomic E-state index is 0.0977. The number of halogens is 1. The van der Waals surface area contributed by atoms with E-state index in [2.05, 4.69) is 36.1 Å². The van der Waals surface area contributed by atoms with Gasteiger partial charge in [0, 0.05) is 22.5 Å². The standard InChI is InChI=1S/C11H8BrN5OS/c12-7-1-2-9-15-8(3-10(18)17(9)4-7)5-19-11-13-6-14-16-11/h1-4,6H,5H2,(H,13,14,16). The average Bonchev–Trinajstić information content (AvgIpc) is 2.90. The molecule has 3 aromatic rings. The fourth-order valence-electron chi connectivity index (χ4n) is 1.61. The fraction of sp³-hybridized carbons (Fsp3) is 0.0909. The minimum Gasteiger partial charge on any atom is -0.269 e. The van der Waals surface area contributed by atoms with Gasteiger partial charge in [-0.2, -0.15) is 5.10 Å². The van der Waals surface area contributed by atoms with Crippen molar-refractivity contribution in [1.82, 2.24) is 24.6 Å². The molecular weight excluding hydrogens is 330 g/mol. The van der Waals surface area contributed by atoms with Crippen LogP contribution in [0.2, 0.25) is 0 Å². The van der Waals surface area contributed by atoms with Gasteiger partial charge >= 0.3 is 0 Å². The van der Waals surface area contributed by atoms with Crippen LogP contribution in [0.3, 0.4) is 0 Å². The topological polar surface area (TPSA) is 75.9 Å². The van der Waals surface area contributed by atoms with Gasteiger partial charge in [0.2, 0.25) is 0 Å². The lowest BCUT2D eigenvalue weighted by Crippen LogP contribution is -2.15. The Morgan fingerprint density at radius 1 is 1.42 bits per heavy atom. The van der Waals surface area contributed by atoms with Gasteiger partial charge in [-0.05, 0) is 28.1 Å². The number of fused-ring (bicyclic) bond motifs is 1. The molecule has 0 saturated heterocycles. The first-order chi connectivity index (χ1) is 9.22. The number of hydrogen-bond acceptors (Lipinski definition) is 5. The molecule has 3 aromatic heterocycles. The highest BCUT2D eigenvalue weighted by Crippen LogP contribution is 2.17. The molecule has 0 atom stereocenters. The van der Waals surface area contributed by atoms with Gasteiger partial charge in [-0.1, -0.05) is 11.8 Å². The summed E-state index contributed by atoms with van der Waals surface area (Å²) in [5.74, 6) is 0.566. The van der Waals surface area contributed by atoms with Gasteiger partial charge in [-0.25, -0.2) is 9.97 Å². The molecule has 0 aliphatic heterocycles. The molecule has 0 spiro atoms. The Balaban J connectivity index is 1.93. The lowest BCUT2D eigenvalue weighted by Gasteiger charge is -2.03. The summed E-state index contributed by atoms with van der Waals surface area (Å²) in [5, 5.41) is 7.22. The second kappa shape index (κ2) is 5.14. The van der Waals surface area contributed by atoms with Crippen molar-refractivity contribution in [3.8, 4) is 0 Å². The lowest BCUT2D eigenvalue weighted by atomic mass is 10.4. The summed E-state index contributed by atoms with van der Waals surface area (Å²) < 4.78 is 2.35. The molecule has 96 valence electrons. The van der Waals surface area contributed by atoms with E-state index in [0.29, 0.717) is 22.3 Å². The van der Waals surface area contributed by atoms with Crippen molar-refractivity contribution in [2.75, 3.05) is 0 Å². The van der Waals surface area contributed by atoms with Crippen LogP contribution in [-0.2, 0) is 5.75 Å². The maximum Gasteiger partial charge on any atom is 0.258 e. The van der Waals surface area contributed by atoms with E-state index in [9.17, 15) is 4.79 Å². The van der Waals surface area contributed by atoms with E-state index in [-0.39, 0.29) is 5.56 Å². The van der Waals surface area contributed by atoms with Crippen LogP contribution in [0.25, 0.3) is 5.65 Å². The van der Waals surface area contributed by atoms with Crippen molar-refractivity contribution in [1.29, 1.82) is 0 Å². The van der Waals surface area contributed by atoms with Gasteiger partial charge in [0.1, 0.15) is 12.0 Å². The van der Waals surface area contributed by atoms with Crippen molar-refractivity contribution in [3.05, 3.63) is 51.2 Å². The van der Waals surface area contributed by atoms with Gasteiger partial charge in [-0.15, -0.1) is 0 Å². The number of thioether (sulfide) groups is 1. The van der Waals surface area contributed by atoms with Gasteiger partial charge in [0.15, 0.2) is 5.16 Å². The molecule has 3 heterocycles. The number of H-pyrrole nitrogens is 1. The summed E-state index contributed by atoms with van der Waals surface area (Å²) in [5.41, 5.74) is 1.25. The quantitative estimate of drug-likeness (QED) is 0.738. The molecule has 0 aliphatic carbocycles. The van der Waals surface area contributed by atoms with E-state index in [1.807, 2.05) is 6.07 Å². The molecule has 0 fully saturated rings. The van der Waals surface area contributed by atoms with E-state index in [1.54, 1.807) is 12.3 Å². The molecule has 19 heavy (non-hydrogen) atoms. The number of nitrogens with one attached hydrogen (secondary N) is 1. The summed E-state index contributed by atoms with van der Waals surface area (Å²) in [4.78, 5) is 20.4. The second-order valence-electron chi connectivity index (χ2n) is 3.74. The summed E-state index contributed by atoms with van der Waals surface area (Å²) in [6.45, 7) is 0. The smallest absolute Gasteiger partial charge is 0.258 e. The molecule has 0 radical (unpaired) electrons. The van der Waals surface area contributed by atoms with Crippen molar-refractivity contribution in [2.45, 2.75) is 10.9 Å². The first kappa shape index (κ1) is 12.4. The van der Waals surface area contributed by atoms with E-state index in [0.717, 1.165) is 4.47 Å². The van der Waals surface area contributed by atoms with E-state index in [4.69, 9.17) is 0 Å². The summed E-state index contributed by atoms with van der Waals surface area (Å²) in [6.07, 6.45) is 3.15. The number of pyridine rings is 1. The number of rotatable bonds is 3. The SMILES string of the molecule is O=c1cc(CSc2ncn[nH]2)nc2ccc(Br)cn12. The number of aromatic amines is 1. The molecule has 6 nitrogen and oxygen atoms in total. The fourth-order valence-corrected chi connectivity index (χ4v) is 2.61. The Kier molecular flexibility index (Phi) is 3.34. The van der Waals surface area contributed by atoms with Gasteiger partial charge in [0.25, 0.3) is 5.56 Å². The molecular formula is C11H8BrN5OS. The molecule has 8 heteroatoms. The first-order valence-corrected chi connectivity index (χ1v) is 7.16. The van der Waals surface area contributed by atoms with Crippen LogP contribution >= 0.6 is 27.7 Å². The second-order valence-corrected chi connectivity index (χ2v) is 5.62. The first-order valence-electron chi connectivity index (χ1n) is 5.38. The summed E-state index contributed by atoms with van der Waals surface area (Å²) in [7, 11) is 0. The van der Waals surface area contributed by atoms with Crippen LogP contribution in [-0.4, -0.2) is 24.6 Å². The van der Waals surface area contributed by atoms with E-state index in [1.165, 1.54) is 28.6 Å². The van der Waals surface area contributed by atoms with Crippen LogP contribution in [0.1, 0.15) is 5.69 Å². The van der Waals surface area contributed by atoms with E-state index >= 15 is 0 Å². The van der Waals surface area contributed by atoms with Crippen LogP contribution < -0.4 is 5.56 Å². The molecule has 0 amide bonds. The summed E-state index contributed by atoms with van der Waals surface area (Å²) >= 11 is 4.78. The molecule has 0 unspecified atom stereocenters. The van der Waals surface area contributed by atoms with Crippen LogP contribution in [0, 0.1) is 0 Å². The third-order valence-corrected chi connectivity index (χ3v) is 3.81. The van der Waals surface area contributed by atoms with Gasteiger partial charge in [-0.3, -0.25) is 14.3 Å². The van der Waals surface area contributed by atoms with Crippen molar-refractivity contribution < 1.29 is 0 Å². The monoisotopic (exact) mass is 337 g/mol. The highest BCUT2D eigenvalue weighted by molar-refractivity contribution is 9.10. The zero-order chi connectivity index (χ0) is 13.2.